The Kier molecular flexibility index (Phi) is 4.93. The number of rotatable bonds is 4. The molecule has 2 unspecified atom stereocenters. The molecule has 0 heterocycles. The molecule has 0 aliphatic rings. The average Bonchev–Trinajstić information content (AvgIpc) is 1.97. The summed E-state index contributed by atoms with van der Waals surface area (Å²) in [6.45, 7) is 13.5. The van der Waals surface area contributed by atoms with Crippen LogP contribution < -0.4 is 5.32 Å². The standard InChI is InChI=1S/C11H25NO/c1-8(2)10(13)7-12-9(3)11(4,5)6/h8-10,12-13H,7H2,1-6H3. The number of hydrogen-bond donors (Lipinski definition) is 2. The van der Waals surface area contributed by atoms with E-state index < -0.39 is 0 Å². The first-order valence-corrected chi connectivity index (χ1v) is 5.16. The number of nitrogens with one attached hydrogen (secondary N) is 1. The average molecular weight is 187 g/mol. The highest BCUT2D eigenvalue weighted by atomic mass is 16.3. The van der Waals surface area contributed by atoms with E-state index in [1.807, 2.05) is 13.8 Å². The molecule has 13 heavy (non-hydrogen) atoms. The van der Waals surface area contributed by atoms with Gasteiger partial charge >= 0.3 is 0 Å². The van der Waals surface area contributed by atoms with Gasteiger partial charge in [0.2, 0.25) is 0 Å². The molecule has 0 aliphatic carbocycles. The van der Waals surface area contributed by atoms with Gasteiger partial charge in [-0.05, 0) is 18.3 Å². The third-order valence-corrected chi connectivity index (χ3v) is 2.70. The largest absolute Gasteiger partial charge is 0.392 e. The molecule has 0 aromatic heterocycles. The van der Waals surface area contributed by atoms with Crippen molar-refractivity contribution in [2.75, 3.05) is 6.54 Å². The molecule has 0 spiro atoms. The van der Waals surface area contributed by atoms with Crippen LogP contribution in [-0.2, 0) is 0 Å². The predicted octanol–water partition coefficient (Wildman–Crippen LogP) is 2.03. The molecular formula is C11H25NO. The second kappa shape index (κ2) is 4.97. The number of aliphatic hydroxyl groups excluding tert-OH is 1. The first-order chi connectivity index (χ1) is 5.75. The van der Waals surface area contributed by atoms with Crippen LogP contribution in [0.5, 0.6) is 0 Å². The van der Waals surface area contributed by atoms with Crippen molar-refractivity contribution in [3.8, 4) is 0 Å². The summed E-state index contributed by atoms with van der Waals surface area (Å²) in [6, 6.07) is 0.431. The molecule has 0 aliphatic heterocycles. The minimum atomic E-state index is -0.232. The van der Waals surface area contributed by atoms with Crippen LogP contribution in [0.4, 0.5) is 0 Å². The smallest absolute Gasteiger partial charge is 0.0687 e. The zero-order valence-electron chi connectivity index (χ0n) is 9.89. The van der Waals surface area contributed by atoms with Gasteiger partial charge in [-0.3, -0.25) is 0 Å². The highest BCUT2D eigenvalue weighted by molar-refractivity contribution is 4.77. The van der Waals surface area contributed by atoms with E-state index >= 15 is 0 Å². The Morgan fingerprint density at radius 2 is 1.62 bits per heavy atom. The molecule has 0 bridgehead atoms. The van der Waals surface area contributed by atoms with Crippen molar-refractivity contribution in [3.63, 3.8) is 0 Å². The first-order valence-electron chi connectivity index (χ1n) is 5.16. The molecule has 0 saturated heterocycles. The Balaban J connectivity index is 3.77. The van der Waals surface area contributed by atoms with E-state index in [0.717, 1.165) is 0 Å². The Morgan fingerprint density at radius 3 is 1.92 bits per heavy atom. The summed E-state index contributed by atoms with van der Waals surface area (Å²) in [5.41, 5.74) is 0.261. The summed E-state index contributed by atoms with van der Waals surface area (Å²) in [6.07, 6.45) is -0.232. The zero-order chi connectivity index (χ0) is 10.6. The Labute approximate surface area is 82.7 Å². The fraction of sp³-hybridized carbons (Fsp3) is 1.00. The van der Waals surface area contributed by atoms with E-state index in [-0.39, 0.29) is 11.5 Å². The molecule has 0 aromatic rings. The molecule has 0 aromatic carbocycles. The van der Waals surface area contributed by atoms with Gasteiger partial charge < -0.3 is 10.4 Å². The summed E-state index contributed by atoms with van der Waals surface area (Å²) in [5, 5.41) is 12.9. The van der Waals surface area contributed by atoms with Crippen LogP contribution in [0.3, 0.4) is 0 Å². The van der Waals surface area contributed by atoms with Crippen molar-refractivity contribution in [2.24, 2.45) is 11.3 Å². The monoisotopic (exact) mass is 187 g/mol. The van der Waals surface area contributed by atoms with Gasteiger partial charge in [-0.25, -0.2) is 0 Å². The van der Waals surface area contributed by atoms with Crippen molar-refractivity contribution in [2.45, 2.75) is 53.7 Å². The van der Waals surface area contributed by atoms with Crippen LogP contribution in [-0.4, -0.2) is 23.8 Å². The van der Waals surface area contributed by atoms with Crippen molar-refractivity contribution in [1.29, 1.82) is 0 Å². The predicted molar refractivity (Wildman–Crippen MR) is 57.8 cm³/mol. The minimum absolute atomic E-state index is 0.232. The molecule has 0 amide bonds. The van der Waals surface area contributed by atoms with Gasteiger partial charge in [-0.15, -0.1) is 0 Å². The summed E-state index contributed by atoms with van der Waals surface area (Å²) in [7, 11) is 0. The van der Waals surface area contributed by atoms with Crippen LogP contribution in [0, 0.1) is 11.3 Å². The van der Waals surface area contributed by atoms with E-state index in [9.17, 15) is 5.11 Å². The Hall–Kier alpha value is -0.0800. The van der Waals surface area contributed by atoms with Gasteiger partial charge in [0, 0.05) is 12.6 Å². The highest BCUT2D eigenvalue weighted by Crippen LogP contribution is 2.18. The Bertz CT molecular complexity index is 138. The van der Waals surface area contributed by atoms with Gasteiger partial charge in [-0.2, -0.15) is 0 Å². The molecule has 0 rings (SSSR count). The molecule has 2 nitrogen and oxygen atoms in total. The highest BCUT2D eigenvalue weighted by Gasteiger charge is 2.20. The molecule has 2 atom stereocenters. The van der Waals surface area contributed by atoms with Gasteiger partial charge in [0.1, 0.15) is 0 Å². The van der Waals surface area contributed by atoms with Gasteiger partial charge in [0.15, 0.2) is 0 Å². The molecule has 0 radical (unpaired) electrons. The number of hydrogen-bond acceptors (Lipinski definition) is 2. The summed E-state index contributed by atoms with van der Waals surface area (Å²) in [4.78, 5) is 0. The molecular weight excluding hydrogens is 162 g/mol. The molecule has 0 fully saturated rings. The summed E-state index contributed by atoms with van der Waals surface area (Å²) in [5.74, 6) is 0.333. The molecule has 0 saturated carbocycles. The topological polar surface area (TPSA) is 32.3 Å². The summed E-state index contributed by atoms with van der Waals surface area (Å²) >= 11 is 0. The quantitative estimate of drug-likeness (QED) is 0.706. The maximum absolute atomic E-state index is 9.58. The lowest BCUT2D eigenvalue weighted by Crippen LogP contribution is -2.42. The fourth-order valence-electron chi connectivity index (χ4n) is 0.839. The molecule has 2 N–H and O–H groups in total. The summed E-state index contributed by atoms with van der Waals surface area (Å²) < 4.78 is 0. The molecule has 80 valence electrons. The lowest BCUT2D eigenvalue weighted by Gasteiger charge is -2.29. The van der Waals surface area contributed by atoms with Crippen LogP contribution in [0.15, 0.2) is 0 Å². The van der Waals surface area contributed by atoms with E-state index in [4.69, 9.17) is 0 Å². The third-order valence-electron chi connectivity index (χ3n) is 2.70. The maximum Gasteiger partial charge on any atom is 0.0687 e. The second-order valence-electron chi connectivity index (χ2n) is 5.31. The SMILES string of the molecule is CC(C)C(O)CNC(C)C(C)(C)C. The van der Waals surface area contributed by atoms with Crippen LogP contribution in [0.2, 0.25) is 0 Å². The second-order valence-corrected chi connectivity index (χ2v) is 5.31. The Morgan fingerprint density at radius 1 is 1.15 bits per heavy atom. The maximum atomic E-state index is 9.58. The zero-order valence-corrected chi connectivity index (χ0v) is 9.89. The normalized spacial score (nSPS) is 17.5. The third kappa shape index (κ3) is 5.27. The van der Waals surface area contributed by atoms with E-state index in [2.05, 4.69) is 33.0 Å². The van der Waals surface area contributed by atoms with E-state index in [0.29, 0.717) is 18.5 Å². The lowest BCUT2D eigenvalue weighted by atomic mass is 9.88. The van der Waals surface area contributed by atoms with Crippen LogP contribution >= 0.6 is 0 Å². The van der Waals surface area contributed by atoms with Crippen molar-refractivity contribution < 1.29 is 5.11 Å². The van der Waals surface area contributed by atoms with Gasteiger partial charge in [-0.1, -0.05) is 34.6 Å². The minimum Gasteiger partial charge on any atom is -0.392 e. The van der Waals surface area contributed by atoms with Gasteiger partial charge in [0.25, 0.3) is 0 Å². The van der Waals surface area contributed by atoms with Gasteiger partial charge in [0.05, 0.1) is 6.10 Å². The van der Waals surface area contributed by atoms with E-state index in [1.54, 1.807) is 0 Å². The van der Waals surface area contributed by atoms with Crippen LogP contribution in [0.1, 0.15) is 41.5 Å². The lowest BCUT2D eigenvalue weighted by molar-refractivity contribution is 0.113. The van der Waals surface area contributed by atoms with E-state index in [1.165, 1.54) is 0 Å². The fourth-order valence-corrected chi connectivity index (χ4v) is 0.839. The molecule has 2 heteroatoms. The van der Waals surface area contributed by atoms with Crippen molar-refractivity contribution in [3.05, 3.63) is 0 Å². The number of aliphatic hydroxyl groups is 1. The van der Waals surface area contributed by atoms with Crippen molar-refractivity contribution in [1.82, 2.24) is 5.32 Å². The van der Waals surface area contributed by atoms with Crippen LogP contribution in [0.25, 0.3) is 0 Å². The van der Waals surface area contributed by atoms with Crippen molar-refractivity contribution >= 4 is 0 Å². The first kappa shape index (κ1) is 12.9.